The highest BCUT2D eigenvalue weighted by Crippen LogP contribution is 2.28. The molecule has 2 aromatic rings. The number of nitrogens with zero attached hydrogens (tertiary/aromatic N) is 2. The second-order valence-electron chi connectivity index (χ2n) is 5.05. The monoisotopic (exact) mass is 352 g/mol. The normalized spacial score (nSPS) is 28.7. The van der Waals surface area contributed by atoms with E-state index in [1.807, 2.05) is 0 Å². The molecule has 0 atom stereocenters. The van der Waals surface area contributed by atoms with Crippen molar-refractivity contribution in [3.8, 4) is 0 Å². The summed E-state index contributed by atoms with van der Waals surface area (Å²) in [4.78, 5) is 13.8. The molecule has 0 bridgehead atoms. The number of nitrogens with two attached hydrogens (primary N) is 1. The molecule has 1 aliphatic rings. The van der Waals surface area contributed by atoms with Gasteiger partial charge < -0.3 is 20.9 Å². The Labute approximate surface area is 158 Å². The van der Waals surface area contributed by atoms with Gasteiger partial charge in [0, 0.05) is 36.5 Å². The minimum atomic E-state index is -3.22. The number of amides is 1. The summed E-state index contributed by atoms with van der Waals surface area (Å²) in [5.41, 5.74) is 6.52. The van der Waals surface area contributed by atoms with Crippen LogP contribution >= 0.6 is 11.6 Å². The molecule has 3 N–H and O–H groups in total. The van der Waals surface area contributed by atoms with Crippen molar-refractivity contribution in [2.45, 2.75) is 0 Å². The molecule has 1 saturated heterocycles. The highest BCUT2D eigenvalue weighted by Gasteiger charge is 2.22. The molecule has 0 unspecified atom stereocenters. The van der Waals surface area contributed by atoms with Gasteiger partial charge in [-0.05, 0) is 37.4 Å². The lowest BCUT2D eigenvalue weighted by Gasteiger charge is -2.32. The van der Waals surface area contributed by atoms with Crippen molar-refractivity contribution in [2.24, 2.45) is 0 Å². The Balaban J connectivity index is 2.12. The molecule has 1 heterocycles. The van der Waals surface area contributed by atoms with Gasteiger partial charge in [0.25, 0.3) is 5.91 Å². The number of anilines is 3. The van der Waals surface area contributed by atoms with Gasteiger partial charge in [0.2, 0.25) is 0 Å². The average Bonchev–Trinajstić information content (AvgIpc) is 2.68. The summed E-state index contributed by atoms with van der Waals surface area (Å²) < 4.78 is 65.5. The SMILES string of the molecule is [2H]C1([2H])N(C)C([2H])([2H])C([2H])([2H])N(C(=O)c2ccccc2Nc2ccc(Cl)cc2N)C1([2H])[2H]. The molecule has 24 heavy (non-hydrogen) atoms. The predicted octanol–water partition coefficient (Wildman–Crippen LogP) is 3.05. The Morgan fingerprint density at radius 2 is 1.88 bits per heavy atom. The van der Waals surface area contributed by atoms with E-state index in [2.05, 4.69) is 5.32 Å². The summed E-state index contributed by atoms with van der Waals surface area (Å²) in [6, 6.07) is 10.4. The number of carbonyl (C=O) groups excluding carboxylic acids is 1. The summed E-state index contributed by atoms with van der Waals surface area (Å²) in [5.74, 6) is -1.24. The Morgan fingerprint density at radius 3 is 2.58 bits per heavy atom. The van der Waals surface area contributed by atoms with Crippen LogP contribution < -0.4 is 11.1 Å². The first kappa shape index (κ1) is 9.30. The van der Waals surface area contributed by atoms with Crippen molar-refractivity contribution in [3.05, 3.63) is 53.1 Å². The maximum Gasteiger partial charge on any atom is 0.256 e. The van der Waals surface area contributed by atoms with Gasteiger partial charge in [0.1, 0.15) is 0 Å². The van der Waals surface area contributed by atoms with Crippen molar-refractivity contribution >= 4 is 34.6 Å². The molecule has 0 saturated carbocycles. The van der Waals surface area contributed by atoms with Gasteiger partial charge in [-0.15, -0.1) is 0 Å². The number of halogens is 1. The largest absolute Gasteiger partial charge is 0.397 e. The molecule has 0 aliphatic carbocycles. The van der Waals surface area contributed by atoms with Crippen molar-refractivity contribution in [1.82, 2.24) is 9.80 Å². The number of carbonyl (C=O) groups is 1. The van der Waals surface area contributed by atoms with Crippen molar-refractivity contribution in [2.75, 3.05) is 44.1 Å². The summed E-state index contributed by atoms with van der Waals surface area (Å²) in [7, 11) is 0.927. The lowest BCUT2D eigenvalue weighted by atomic mass is 10.1. The second-order valence-corrected chi connectivity index (χ2v) is 5.49. The van der Waals surface area contributed by atoms with Crippen LogP contribution in [0.25, 0.3) is 0 Å². The Kier molecular flexibility index (Phi) is 2.76. The van der Waals surface area contributed by atoms with Crippen LogP contribution in [0.2, 0.25) is 5.02 Å². The molecule has 2 aromatic carbocycles. The van der Waals surface area contributed by atoms with E-state index < -0.39 is 31.9 Å². The molecule has 3 rings (SSSR count). The van der Waals surface area contributed by atoms with E-state index in [9.17, 15) is 4.79 Å². The third kappa shape index (κ3) is 3.63. The molecule has 5 nitrogen and oxygen atoms in total. The molecule has 126 valence electrons. The zero-order chi connectivity index (χ0) is 24.3. The molecular weight excluding hydrogens is 324 g/mol. The third-order valence-electron chi connectivity index (χ3n) is 3.30. The van der Waals surface area contributed by atoms with Crippen LogP contribution in [0.1, 0.15) is 21.3 Å². The number of para-hydroxylation sites is 1. The zero-order valence-corrected chi connectivity index (χ0v) is 13.6. The number of nitrogens with one attached hydrogen (secondary N) is 1. The van der Waals surface area contributed by atoms with Crippen LogP contribution in [0.4, 0.5) is 17.1 Å². The lowest BCUT2D eigenvalue weighted by Crippen LogP contribution is -2.47. The number of benzene rings is 2. The number of hydrogen-bond donors (Lipinski definition) is 2. The van der Waals surface area contributed by atoms with Crippen LogP contribution in [0.15, 0.2) is 42.5 Å². The number of rotatable bonds is 3. The van der Waals surface area contributed by atoms with Gasteiger partial charge in [-0.25, -0.2) is 0 Å². The van der Waals surface area contributed by atoms with E-state index in [0.717, 1.165) is 7.05 Å². The van der Waals surface area contributed by atoms with Crippen LogP contribution in [-0.2, 0) is 0 Å². The van der Waals surface area contributed by atoms with E-state index >= 15 is 0 Å². The van der Waals surface area contributed by atoms with Crippen molar-refractivity contribution < 1.29 is 15.8 Å². The number of nitrogen functional groups attached to an aromatic ring is 1. The fraction of sp³-hybridized carbons (Fsp3) is 0.278. The molecule has 0 radical (unpaired) electrons. The topological polar surface area (TPSA) is 61.6 Å². The van der Waals surface area contributed by atoms with Crippen LogP contribution in [-0.4, -0.2) is 48.7 Å². The van der Waals surface area contributed by atoms with Gasteiger partial charge >= 0.3 is 0 Å². The van der Waals surface area contributed by atoms with Crippen molar-refractivity contribution in [1.29, 1.82) is 0 Å². The van der Waals surface area contributed by atoms with Gasteiger partial charge in [0.15, 0.2) is 0 Å². The quantitative estimate of drug-likeness (QED) is 0.833. The van der Waals surface area contributed by atoms with Crippen molar-refractivity contribution in [3.63, 3.8) is 0 Å². The third-order valence-corrected chi connectivity index (χ3v) is 3.54. The first-order valence-corrected chi connectivity index (χ1v) is 7.44. The first-order valence-electron chi connectivity index (χ1n) is 11.1. The van der Waals surface area contributed by atoms with E-state index in [1.165, 1.54) is 24.3 Å². The summed E-state index contributed by atoms with van der Waals surface area (Å²) >= 11 is 5.90. The summed E-state index contributed by atoms with van der Waals surface area (Å²) in [6.07, 6.45) is 0. The number of piperazine rings is 1. The molecule has 0 aromatic heterocycles. The fourth-order valence-electron chi connectivity index (χ4n) is 2.10. The summed E-state index contributed by atoms with van der Waals surface area (Å²) in [5, 5.41) is 3.31. The van der Waals surface area contributed by atoms with E-state index in [1.54, 1.807) is 18.2 Å². The molecule has 0 spiro atoms. The Morgan fingerprint density at radius 1 is 1.17 bits per heavy atom. The average molecular weight is 353 g/mol. The molecule has 1 amide bonds. The van der Waals surface area contributed by atoms with Gasteiger partial charge in [0.05, 0.1) is 28.1 Å². The van der Waals surface area contributed by atoms with Crippen LogP contribution in [0, 0.1) is 0 Å². The van der Waals surface area contributed by atoms with E-state index in [-0.39, 0.29) is 21.8 Å². The Hall–Kier alpha value is -2.24. The summed E-state index contributed by atoms with van der Waals surface area (Å²) in [6.45, 7) is -12.5. The highest BCUT2D eigenvalue weighted by atomic mass is 35.5. The number of hydrogen-bond acceptors (Lipinski definition) is 4. The van der Waals surface area contributed by atoms with Gasteiger partial charge in [-0.1, -0.05) is 23.7 Å². The molecular formula is C18H21ClN4O. The molecule has 1 aliphatic heterocycles. The molecule has 1 fully saturated rings. The van der Waals surface area contributed by atoms with Crippen LogP contribution in [0.3, 0.4) is 0 Å². The van der Waals surface area contributed by atoms with Gasteiger partial charge in [-0.2, -0.15) is 0 Å². The lowest BCUT2D eigenvalue weighted by molar-refractivity contribution is 0.0665. The number of likely N-dealkylation sites (N-methyl/N-ethyl adjacent to an activating group) is 1. The minimum absolute atomic E-state index is 0.00820. The Bertz CT molecular complexity index is 1040. The standard InChI is InChI=1S/C18H21ClN4O/c1-22-8-10-23(11-9-22)18(24)14-4-2-3-5-16(14)21-17-7-6-13(19)12-15(17)20/h2-7,12,21H,8-11,20H2,1H3/i8D2,9D2,10D2,11D2. The minimum Gasteiger partial charge on any atom is -0.397 e. The first-order chi connectivity index (χ1) is 14.6. The fourth-order valence-corrected chi connectivity index (χ4v) is 2.28. The molecule has 6 heteroatoms. The maximum atomic E-state index is 13.5. The zero-order valence-electron chi connectivity index (χ0n) is 20.8. The second kappa shape index (κ2) is 7.11. The maximum absolute atomic E-state index is 13.5. The van der Waals surface area contributed by atoms with Crippen LogP contribution in [0.5, 0.6) is 0 Å². The predicted molar refractivity (Wildman–Crippen MR) is 99.0 cm³/mol. The van der Waals surface area contributed by atoms with E-state index in [4.69, 9.17) is 28.3 Å². The smallest absolute Gasteiger partial charge is 0.256 e. The van der Waals surface area contributed by atoms with E-state index in [0.29, 0.717) is 15.6 Å². The highest BCUT2D eigenvalue weighted by molar-refractivity contribution is 6.31. The van der Waals surface area contributed by atoms with Gasteiger partial charge in [-0.3, -0.25) is 4.79 Å².